The molecule has 1 atom stereocenters. The van der Waals surface area contributed by atoms with Gasteiger partial charge >= 0.3 is 5.97 Å². The average molecular weight is 599 g/mol. The number of fused-ring (bicyclic) bond motifs is 1. The minimum absolute atomic E-state index is 0.208. The zero-order valence-electron chi connectivity index (χ0n) is 25.6. The van der Waals surface area contributed by atoms with E-state index in [2.05, 4.69) is 16.4 Å². The standard InChI is InChI=1S/C34H38N4O4S/c1-7-38-29-18-17-27(22(2)31(29)36-37-38)30(34(4,5)33(39)42-20-24-11-9-8-10-12-24)32-35-28(23(3)43-32)21-41-19-25-13-15-26(40-6)16-14-25/h8-18,30H,7,19-21H2,1-6H3. The minimum Gasteiger partial charge on any atom is -0.497 e. The van der Waals surface area contributed by atoms with Crippen LogP contribution >= 0.6 is 11.3 Å². The molecule has 0 saturated carbocycles. The molecule has 0 aliphatic rings. The highest BCUT2D eigenvalue weighted by Gasteiger charge is 2.43. The molecule has 0 aliphatic heterocycles. The summed E-state index contributed by atoms with van der Waals surface area (Å²) >= 11 is 1.59. The smallest absolute Gasteiger partial charge is 0.312 e. The summed E-state index contributed by atoms with van der Waals surface area (Å²) < 4.78 is 19.1. The predicted octanol–water partition coefficient (Wildman–Crippen LogP) is 7.15. The van der Waals surface area contributed by atoms with Crippen LogP contribution in [0.3, 0.4) is 0 Å². The Bertz CT molecular complexity index is 1690. The second-order valence-electron chi connectivity index (χ2n) is 11.2. The topological polar surface area (TPSA) is 88.4 Å². The molecule has 3 aromatic carbocycles. The molecule has 2 aromatic heterocycles. The fraction of sp³-hybridized carbons (Fsp3) is 0.353. The molecule has 0 radical (unpaired) electrons. The van der Waals surface area contributed by atoms with Crippen LogP contribution in [0.4, 0.5) is 0 Å². The Morgan fingerprint density at radius 2 is 1.67 bits per heavy atom. The molecule has 0 amide bonds. The van der Waals surface area contributed by atoms with Crippen molar-refractivity contribution in [1.29, 1.82) is 0 Å². The lowest BCUT2D eigenvalue weighted by atomic mass is 9.73. The van der Waals surface area contributed by atoms with Gasteiger partial charge in [0.05, 0.1) is 42.9 Å². The quantitative estimate of drug-likeness (QED) is 0.141. The van der Waals surface area contributed by atoms with Crippen molar-refractivity contribution in [2.24, 2.45) is 5.41 Å². The van der Waals surface area contributed by atoms with Gasteiger partial charge in [0.2, 0.25) is 0 Å². The lowest BCUT2D eigenvalue weighted by Gasteiger charge is -2.32. The SMILES string of the molecule is CCn1nnc2c(C)c(C(c3nc(COCc4ccc(OC)cc4)c(C)s3)C(C)(C)C(=O)OCc3ccccc3)ccc21. The number of hydrogen-bond donors (Lipinski definition) is 0. The zero-order chi connectivity index (χ0) is 30.6. The number of aryl methyl sites for hydroxylation is 3. The van der Waals surface area contributed by atoms with E-state index in [9.17, 15) is 4.79 Å². The monoisotopic (exact) mass is 598 g/mol. The van der Waals surface area contributed by atoms with Gasteiger partial charge in [-0.2, -0.15) is 0 Å². The van der Waals surface area contributed by atoms with Crippen LogP contribution in [0.25, 0.3) is 11.0 Å². The van der Waals surface area contributed by atoms with Gasteiger partial charge in [-0.05, 0) is 75.1 Å². The summed E-state index contributed by atoms with van der Waals surface area (Å²) in [6, 6.07) is 21.7. The van der Waals surface area contributed by atoms with E-state index in [0.29, 0.717) is 13.2 Å². The van der Waals surface area contributed by atoms with Crippen molar-refractivity contribution in [3.63, 3.8) is 0 Å². The van der Waals surface area contributed by atoms with Gasteiger partial charge in [0.1, 0.15) is 22.9 Å². The molecule has 0 N–H and O–H groups in total. The summed E-state index contributed by atoms with van der Waals surface area (Å²) in [5.74, 6) is 0.152. The summed E-state index contributed by atoms with van der Waals surface area (Å²) in [4.78, 5) is 19.9. The fourth-order valence-electron chi connectivity index (χ4n) is 5.28. The van der Waals surface area contributed by atoms with E-state index in [1.54, 1.807) is 18.4 Å². The third kappa shape index (κ3) is 6.48. The average Bonchev–Trinajstić information content (AvgIpc) is 3.61. The Morgan fingerprint density at radius 1 is 0.953 bits per heavy atom. The van der Waals surface area contributed by atoms with Crippen LogP contribution in [-0.4, -0.2) is 33.1 Å². The highest BCUT2D eigenvalue weighted by molar-refractivity contribution is 7.11. The van der Waals surface area contributed by atoms with Crippen molar-refractivity contribution in [1.82, 2.24) is 20.0 Å². The number of carbonyl (C=O) groups excluding carboxylic acids is 1. The third-order valence-corrected chi connectivity index (χ3v) is 8.95. The maximum absolute atomic E-state index is 13.8. The van der Waals surface area contributed by atoms with Crippen LogP contribution < -0.4 is 4.74 Å². The molecular weight excluding hydrogens is 560 g/mol. The van der Waals surface area contributed by atoms with Crippen LogP contribution in [0.1, 0.15) is 64.5 Å². The van der Waals surface area contributed by atoms with E-state index in [1.807, 2.05) is 100.0 Å². The molecule has 0 spiro atoms. The number of methoxy groups -OCH3 is 1. The number of aromatic nitrogens is 4. The summed E-state index contributed by atoms with van der Waals surface area (Å²) in [6.07, 6.45) is 0. The Morgan fingerprint density at radius 3 is 2.37 bits per heavy atom. The Labute approximate surface area is 256 Å². The van der Waals surface area contributed by atoms with Crippen LogP contribution in [0.5, 0.6) is 5.75 Å². The number of esters is 1. The van der Waals surface area contributed by atoms with Crippen molar-refractivity contribution in [2.45, 2.75) is 66.9 Å². The lowest BCUT2D eigenvalue weighted by molar-refractivity contribution is -0.156. The van der Waals surface area contributed by atoms with Crippen molar-refractivity contribution in [2.75, 3.05) is 7.11 Å². The first-order valence-corrected chi connectivity index (χ1v) is 15.2. The molecule has 5 rings (SSSR count). The van der Waals surface area contributed by atoms with Gasteiger partial charge in [-0.15, -0.1) is 16.4 Å². The predicted molar refractivity (Wildman–Crippen MR) is 168 cm³/mol. The Kier molecular flexibility index (Phi) is 9.22. The zero-order valence-corrected chi connectivity index (χ0v) is 26.4. The van der Waals surface area contributed by atoms with Crippen LogP contribution in [-0.2, 0) is 40.6 Å². The lowest BCUT2D eigenvalue weighted by Crippen LogP contribution is -2.34. The molecule has 8 nitrogen and oxygen atoms in total. The largest absolute Gasteiger partial charge is 0.497 e. The van der Waals surface area contributed by atoms with Crippen molar-refractivity contribution in [3.05, 3.63) is 105 Å². The second-order valence-corrected chi connectivity index (χ2v) is 12.4. The second kappa shape index (κ2) is 13.1. The van der Waals surface area contributed by atoms with E-state index in [-0.39, 0.29) is 18.5 Å². The maximum atomic E-state index is 13.8. The number of ether oxygens (including phenoxy) is 3. The van der Waals surface area contributed by atoms with E-state index in [4.69, 9.17) is 19.2 Å². The molecule has 0 fully saturated rings. The molecule has 1 unspecified atom stereocenters. The Balaban J connectivity index is 1.46. The van der Waals surface area contributed by atoms with Gasteiger partial charge in [-0.25, -0.2) is 9.67 Å². The van der Waals surface area contributed by atoms with Gasteiger partial charge in [0, 0.05) is 11.4 Å². The first-order valence-electron chi connectivity index (χ1n) is 14.4. The summed E-state index contributed by atoms with van der Waals surface area (Å²) in [7, 11) is 1.65. The molecule has 224 valence electrons. The van der Waals surface area contributed by atoms with Gasteiger partial charge < -0.3 is 14.2 Å². The van der Waals surface area contributed by atoms with E-state index in [1.165, 1.54) is 0 Å². The Hall–Kier alpha value is -4.08. The number of benzene rings is 3. The van der Waals surface area contributed by atoms with Crippen molar-refractivity contribution >= 4 is 28.3 Å². The number of nitrogens with zero attached hydrogens (tertiary/aromatic N) is 4. The number of hydrogen-bond acceptors (Lipinski definition) is 8. The highest BCUT2D eigenvalue weighted by atomic mass is 32.1. The molecule has 0 aliphatic carbocycles. The third-order valence-electron chi connectivity index (χ3n) is 7.88. The minimum atomic E-state index is -0.931. The maximum Gasteiger partial charge on any atom is 0.312 e. The van der Waals surface area contributed by atoms with Crippen LogP contribution in [0, 0.1) is 19.3 Å². The highest BCUT2D eigenvalue weighted by Crippen LogP contribution is 2.46. The fourth-order valence-corrected chi connectivity index (χ4v) is 6.51. The summed E-state index contributed by atoms with van der Waals surface area (Å²) in [5.41, 5.74) is 5.69. The molecule has 5 aromatic rings. The van der Waals surface area contributed by atoms with Crippen molar-refractivity contribution < 1.29 is 19.0 Å². The number of thiazole rings is 1. The van der Waals surface area contributed by atoms with Gasteiger partial charge in [-0.3, -0.25) is 4.79 Å². The number of rotatable bonds is 12. The van der Waals surface area contributed by atoms with E-state index >= 15 is 0 Å². The summed E-state index contributed by atoms with van der Waals surface area (Å²) in [5, 5.41) is 9.66. The molecule has 43 heavy (non-hydrogen) atoms. The number of carbonyl (C=O) groups is 1. The van der Waals surface area contributed by atoms with Gasteiger partial charge in [0.15, 0.2) is 0 Å². The molecule has 2 heterocycles. The first-order chi connectivity index (χ1) is 20.7. The van der Waals surface area contributed by atoms with Crippen LogP contribution in [0.2, 0.25) is 0 Å². The van der Waals surface area contributed by atoms with Gasteiger partial charge in [0.25, 0.3) is 0 Å². The van der Waals surface area contributed by atoms with Crippen LogP contribution in [0.15, 0.2) is 66.7 Å². The van der Waals surface area contributed by atoms with E-state index in [0.717, 1.165) is 61.2 Å². The molecule has 0 saturated heterocycles. The van der Waals surface area contributed by atoms with Crippen molar-refractivity contribution in [3.8, 4) is 5.75 Å². The molecular formula is C34H38N4O4S. The normalized spacial score (nSPS) is 12.4. The molecule has 0 bridgehead atoms. The van der Waals surface area contributed by atoms with Gasteiger partial charge in [-0.1, -0.05) is 53.7 Å². The first kappa shape index (κ1) is 30.4. The summed E-state index contributed by atoms with van der Waals surface area (Å²) in [6.45, 7) is 11.8. The van der Waals surface area contributed by atoms with E-state index < -0.39 is 5.41 Å². The molecule has 9 heteroatoms.